The monoisotopic (exact) mass is 293 g/mol. The van der Waals surface area contributed by atoms with Gasteiger partial charge in [0, 0.05) is 11.8 Å². The van der Waals surface area contributed by atoms with Crippen LogP contribution in [-0.4, -0.2) is 32.9 Å². The number of thioether (sulfide) groups is 1. The van der Waals surface area contributed by atoms with Crippen LogP contribution in [-0.2, 0) is 4.79 Å². The maximum Gasteiger partial charge on any atom is 0.335 e. The highest BCUT2D eigenvalue weighted by Crippen LogP contribution is 2.19. The number of carboxylic acids is 1. The molecule has 1 amide bonds. The van der Waals surface area contributed by atoms with E-state index in [0.717, 1.165) is 0 Å². The lowest BCUT2D eigenvalue weighted by Crippen LogP contribution is -2.14. The predicted molar refractivity (Wildman–Crippen MR) is 71.8 cm³/mol. The molecule has 0 fully saturated rings. The summed E-state index contributed by atoms with van der Waals surface area (Å²) < 4.78 is 5.02. The van der Waals surface area contributed by atoms with Crippen molar-refractivity contribution in [2.24, 2.45) is 0 Å². The Balaban J connectivity index is 1.90. The van der Waals surface area contributed by atoms with Crippen molar-refractivity contribution in [1.29, 1.82) is 0 Å². The van der Waals surface area contributed by atoms with Gasteiger partial charge in [0.15, 0.2) is 0 Å². The fourth-order valence-electron chi connectivity index (χ4n) is 1.37. The molecule has 0 saturated heterocycles. The second-order valence-electron chi connectivity index (χ2n) is 3.80. The molecule has 0 spiro atoms. The molecule has 0 aliphatic rings. The van der Waals surface area contributed by atoms with Crippen molar-refractivity contribution in [3.8, 4) is 0 Å². The van der Waals surface area contributed by atoms with Crippen molar-refractivity contribution < 1.29 is 19.1 Å². The molecule has 1 aromatic heterocycles. The van der Waals surface area contributed by atoms with Crippen LogP contribution in [0.25, 0.3) is 0 Å². The highest BCUT2D eigenvalue weighted by atomic mass is 32.2. The van der Waals surface area contributed by atoms with Gasteiger partial charge in [-0.1, -0.05) is 11.2 Å². The topological polar surface area (TPSA) is 105 Å². The Bertz CT molecular complexity index is 641. The number of carboxylic acid groups (broad SMARTS) is 1. The second-order valence-corrected chi connectivity index (χ2v) is 4.84. The van der Waals surface area contributed by atoms with Crippen LogP contribution in [0.5, 0.6) is 0 Å². The van der Waals surface area contributed by atoms with Gasteiger partial charge >= 0.3 is 12.0 Å². The van der Waals surface area contributed by atoms with Crippen molar-refractivity contribution >= 4 is 29.7 Å². The molecule has 20 heavy (non-hydrogen) atoms. The lowest BCUT2D eigenvalue weighted by molar-refractivity contribution is -0.113. The molecule has 0 unspecified atom stereocenters. The Morgan fingerprint density at radius 1 is 1.40 bits per heavy atom. The van der Waals surface area contributed by atoms with E-state index in [-0.39, 0.29) is 23.2 Å². The molecule has 1 aromatic carbocycles. The van der Waals surface area contributed by atoms with Gasteiger partial charge in [-0.05, 0) is 18.2 Å². The van der Waals surface area contributed by atoms with Crippen molar-refractivity contribution in [1.82, 2.24) is 10.2 Å². The summed E-state index contributed by atoms with van der Waals surface area (Å²) in [5, 5.41) is 18.5. The SMILES string of the molecule is Cc1nnc(NC(=O)CSc2cccc(C(=O)O)c2)o1. The smallest absolute Gasteiger partial charge is 0.335 e. The number of carbonyl (C=O) groups excluding carboxylic acids is 1. The highest BCUT2D eigenvalue weighted by molar-refractivity contribution is 8.00. The van der Waals surface area contributed by atoms with Gasteiger partial charge in [0.25, 0.3) is 0 Å². The fraction of sp³-hybridized carbons (Fsp3) is 0.167. The zero-order chi connectivity index (χ0) is 14.5. The number of aromatic carboxylic acids is 1. The first-order valence-electron chi connectivity index (χ1n) is 5.61. The highest BCUT2D eigenvalue weighted by Gasteiger charge is 2.09. The van der Waals surface area contributed by atoms with Crippen LogP contribution in [0.2, 0.25) is 0 Å². The van der Waals surface area contributed by atoms with Crippen LogP contribution >= 0.6 is 11.8 Å². The number of nitrogens with zero attached hydrogens (tertiary/aromatic N) is 2. The summed E-state index contributed by atoms with van der Waals surface area (Å²) in [6, 6.07) is 6.42. The lowest BCUT2D eigenvalue weighted by atomic mass is 10.2. The Morgan fingerprint density at radius 3 is 2.85 bits per heavy atom. The van der Waals surface area contributed by atoms with E-state index in [1.165, 1.54) is 23.9 Å². The molecule has 0 aliphatic carbocycles. The van der Waals surface area contributed by atoms with Crippen LogP contribution in [0.1, 0.15) is 16.2 Å². The van der Waals surface area contributed by atoms with Crippen LogP contribution in [0.4, 0.5) is 6.01 Å². The number of anilines is 1. The molecule has 2 N–H and O–H groups in total. The number of nitrogens with one attached hydrogen (secondary N) is 1. The summed E-state index contributed by atoms with van der Waals surface area (Å²) in [4.78, 5) is 23.2. The van der Waals surface area contributed by atoms with E-state index in [2.05, 4.69) is 15.5 Å². The van der Waals surface area contributed by atoms with Crippen molar-refractivity contribution in [2.45, 2.75) is 11.8 Å². The summed E-state index contributed by atoms with van der Waals surface area (Å²) in [5.41, 5.74) is 0.183. The van der Waals surface area contributed by atoms with Crippen LogP contribution < -0.4 is 5.32 Å². The molecule has 2 aromatic rings. The molecule has 1 heterocycles. The van der Waals surface area contributed by atoms with Gasteiger partial charge in [-0.15, -0.1) is 16.9 Å². The Hall–Kier alpha value is -2.35. The molecule has 0 aliphatic heterocycles. The van der Waals surface area contributed by atoms with Crippen molar-refractivity contribution in [3.63, 3.8) is 0 Å². The predicted octanol–water partition coefficient (Wildman–Crippen LogP) is 1.81. The van der Waals surface area contributed by atoms with Crippen molar-refractivity contribution in [3.05, 3.63) is 35.7 Å². The number of aromatic nitrogens is 2. The quantitative estimate of drug-likeness (QED) is 0.810. The van der Waals surface area contributed by atoms with E-state index >= 15 is 0 Å². The molecule has 0 atom stereocenters. The molecular formula is C12H11N3O4S. The molecule has 0 bridgehead atoms. The molecule has 7 nitrogen and oxygen atoms in total. The number of carbonyl (C=O) groups is 2. The van der Waals surface area contributed by atoms with Gasteiger partial charge < -0.3 is 9.52 Å². The van der Waals surface area contributed by atoms with Gasteiger partial charge in [0.05, 0.1) is 11.3 Å². The third kappa shape index (κ3) is 3.82. The lowest BCUT2D eigenvalue weighted by Gasteiger charge is -2.02. The number of hydrogen-bond donors (Lipinski definition) is 2. The maximum atomic E-state index is 11.6. The standard InChI is InChI=1S/C12H11N3O4S/c1-7-14-15-12(19-7)13-10(16)6-20-9-4-2-3-8(5-9)11(17)18/h2-5H,6H2,1H3,(H,17,18)(H,13,15,16). The molecule has 0 radical (unpaired) electrons. The summed E-state index contributed by atoms with van der Waals surface area (Å²) >= 11 is 1.22. The molecule has 0 saturated carbocycles. The third-order valence-corrected chi connectivity index (χ3v) is 3.22. The summed E-state index contributed by atoms with van der Waals surface area (Å²) in [6.07, 6.45) is 0. The second kappa shape index (κ2) is 6.20. The van der Waals surface area contributed by atoms with Gasteiger partial charge in [-0.25, -0.2) is 4.79 Å². The average molecular weight is 293 g/mol. The molecular weight excluding hydrogens is 282 g/mol. The van der Waals surface area contributed by atoms with Crippen molar-refractivity contribution in [2.75, 3.05) is 11.1 Å². The zero-order valence-corrected chi connectivity index (χ0v) is 11.3. The number of hydrogen-bond acceptors (Lipinski definition) is 6. The van der Waals surface area contributed by atoms with Crippen LogP contribution in [0, 0.1) is 6.92 Å². The van der Waals surface area contributed by atoms with Gasteiger partial charge in [-0.2, -0.15) is 0 Å². The molecule has 8 heteroatoms. The summed E-state index contributed by atoms with van der Waals surface area (Å²) in [7, 11) is 0. The fourth-order valence-corrected chi connectivity index (χ4v) is 2.13. The number of aryl methyl sites for hydroxylation is 1. The summed E-state index contributed by atoms with van der Waals surface area (Å²) in [5.74, 6) is -0.829. The summed E-state index contributed by atoms with van der Waals surface area (Å²) in [6.45, 7) is 1.62. The van der Waals surface area contributed by atoms with Gasteiger partial charge in [0.1, 0.15) is 0 Å². The minimum Gasteiger partial charge on any atom is -0.478 e. The van der Waals surface area contributed by atoms with Crippen LogP contribution in [0.15, 0.2) is 33.6 Å². The normalized spacial score (nSPS) is 10.2. The first-order chi connectivity index (χ1) is 9.54. The Morgan fingerprint density at radius 2 is 2.20 bits per heavy atom. The minimum atomic E-state index is -1.00. The number of benzene rings is 1. The number of rotatable bonds is 5. The van der Waals surface area contributed by atoms with E-state index in [9.17, 15) is 9.59 Å². The minimum absolute atomic E-state index is 0.0485. The van der Waals surface area contributed by atoms with E-state index < -0.39 is 5.97 Å². The van der Waals surface area contributed by atoms with Gasteiger partial charge in [-0.3, -0.25) is 10.1 Å². The largest absolute Gasteiger partial charge is 0.478 e. The third-order valence-electron chi connectivity index (χ3n) is 2.22. The zero-order valence-electron chi connectivity index (χ0n) is 10.5. The van der Waals surface area contributed by atoms with Gasteiger partial charge in [0.2, 0.25) is 11.8 Å². The Kier molecular flexibility index (Phi) is 4.36. The van der Waals surface area contributed by atoms with Crippen LogP contribution in [0.3, 0.4) is 0 Å². The first kappa shape index (κ1) is 14.1. The van der Waals surface area contributed by atoms with E-state index in [0.29, 0.717) is 10.8 Å². The molecule has 104 valence electrons. The molecule has 2 rings (SSSR count). The number of amides is 1. The maximum absolute atomic E-state index is 11.6. The average Bonchev–Trinajstić information content (AvgIpc) is 2.82. The van der Waals surface area contributed by atoms with E-state index in [1.807, 2.05) is 0 Å². The van der Waals surface area contributed by atoms with E-state index in [4.69, 9.17) is 9.52 Å². The first-order valence-corrected chi connectivity index (χ1v) is 6.59. The van der Waals surface area contributed by atoms with E-state index in [1.54, 1.807) is 19.1 Å². The Labute approximate surface area is 118 Å².